The summed E-state index contributed by atoms with van der Waals surface area (Å²) in [5.74, 6) is -0.228. The van der Waals surface area contributed by atoms with E-state index in [1.165, 1.54) is 0 Å². The number of pyridine rings is 3. The minimum Gasteiger partial charge on any atom is -0.322 e. The summed E-state index contributed by atoms with van der Waals surface area (Å²) >= 11 is 0. The van der Waals surface area contributed by atoms with Crippen molar-refractivity contribution in [3.63, 3.8) is 0 Å². The lowest BCUT2D eigenvalue weighted by Crippen LogP contribution is -2.19. The van der Waals surface area contributed by atoms with Gasteiger partial charge in [-0.15, -0.1) is 0 Å². The van der Waals surface area contributed by atoms with Crippen LogP contribution in [0.3, 0.4) is 0 Å². The quantitative estimate of drug-likeness (QED) is 0.582. The van der Waals surface area contributed by atoms with Gasteiger partial charge < -0.3 is 9.88 Å². The van der Waals surface area contributed by atoms with Crippen molar-refractivity contribution in [3.05, 3.63) is 88.2 Å². The first kappa shape index (κ1) is 18.6. The largest absolute Gasteiger partial charge is 0.322 e. The molecule has 4 aromatic rings. The van der Waals surface area contributed by atoms with Gasteiger partial charge in [-0.25, -0.2) is 0 Å². The van der Waals surface area contributed by atoms with Crippen molar-refractivity contribution in [3.8, 4) is 11.1 Å². The van der Waals surface area contributed by atoms with Crippen molar-refractivity contribution in [1.29, 1.82) is 0 Å². The number of carbonyl (C=O) groups excluding carboxylic acids is 1. The van der Waals surface area contributed by atoms with Gasteiger partial charge in [0.2, 0.25) is 0 Å². The Kier molecular flexibility index (Phi) is 4.68. The van der Waals surface area contributed by atoms with E-state index < -0.39 is 0 Å². The van der Waals surface area contributed by atoms with E-state index in [1.807, 2.05) is 44.2 Å². The van der Waals surface area contributed by atoms with E-state index in [9.17, 15) is 9.59 Å². The third-order valence-corrected chi connectivity index (χ3v) is 4.97. The molecule has 6 heteroatoms. The highest BCUT2D eigenvalue weighted by Gasteiger charge is 2.13. The monoisotopic (exact) mass is 384 g/mol. The maximum Gasteiger partial charge on any atom is 0.258 e. The molecule has 0 radical (unpaired) electrons. The smallest absolute Gasteiger partial charge is 0.258 e. The van der Waals surface area contributed by atoms with Crippen LogP contribution in [0.4, 0.5) is 5.69 Å². The Morgan fingerprint density at radius 1 is 1.00 bits per heavy atom. The fraction of sp³-hybridized carbons (Fsp3) is 0.130. The van der Waals surface area contributed by atoms with Crippen molar-refractivity contribution in [2.75, 3.05) is 5.32 Å². The Labute approximate surface area is 167 Å². The number of carbonyl (C=O) groups is 1. The zero-order valence-corrected chi connectivity index (χ0v) is 16.4. The molecule has 0 aliphatic heterocycles. The molecule has 0 fully saturated rings. The number of amides is 1. The molecule has 1 amide bonds. The molecule has 29 heavy (non-hydrogen) atoms. The molecule has 0 atom stereocenters. The second-order valence-corrected chi connectivity index (χ2v) is 7.03. The van der Waals surface area contributed by atoms with Crippen LogP contribution in [0, 0.1) is 13.8 Å². The second kappa shape index (κ2) is 7.31. The molecule has 3 heterocycles. The van der Waals surface area contributed by atoms with Crippen LogP contribution in [-0.2, 0) is 7.05 Å². The minimum absolute atomic E-state index is 0.0937. The van der Waals surface area contributed by atoms with Gasteiger partial charge in [-0.2, -0.15) is 0 Å². The van der Waals surface area contributed by atoms with E-state index in [-0.39, 0.29) is 11.5 Å². The highest BCUT2D eigenvalue weighted by atomic mass is 16.1. The SMILES string of the molecule is Cc1cc2c(cn1)cc(-c1cc(NC(=O)c3ccncc3)ccc1C)c(=O)n2C. The Balaban J connectivity index is 1.79. The number of anilines is 1. The van der Waals surface area contributed by atoms with Crippen LogP contribution in [0.2, 0.25) is 0 Å². The summed E-state index contributed by atoms with van der Waals surface area (Å²) in [6, 6.07) is 12.6. The Morgan fingerprint density at radius 3 is 2.52 bits per heavy atom. The number of nitrogens with one attached hydrogen (secondary N) is 1. The van der Waals surface area contributed by atoms with E-state index >= 15 is 0 Å². The first-order chi connectivity index (χ1) is 13.9. The second-order valence-electron chi connectivity index (χ2n) is 7.03. The van der Waals surface area contributed by atoms with E-state index in [0.717, 1.165) is 27.7 Å². The van der Waals surface area contributed by atoms with E-state index in [1.54, 1.807) is 42.3 Å². The lowest BCUT2D eigenvalue weighted by Gasteiger charge is -2.13. The highest BCUT2D eigenvalue weighted by Crippen LogP contribution is 2.27. The first-order valence-electron chi connectivity index (χ1n) is 9.23. The average molecular weight is 384 g/mol. The van der Waals surface area contributed by atoms with E-state index in [4.69, 9.17) is 0 Å². The van der Waals surface area contributed by atoms with E-state index in [2.05, 4.69) is 15.3 Å². The van der Waals surface area contributed by atoms with Crippen LogP contribution < -0.4 is 10.9 Å². The molecular formula is C23H20N4O2. The summed E-state index contributed by atoms with van der Waals surface area (Å²) in [7, 11) is 1.76. The molecular weight excluding hydrogens is 364 g/mol. The molecule has 0 saturated heterocycles. The fourth-order valence-corrected chi connectivity index (χ4v) is 3.35. The summed E-state index contributed by atoms with van der Waals surface area (Å²) in [5.41, 5.74) is 5.04. The van der Waals surface area contributed by atoms with Gasteiger partial charge in [0.25, 0.3) is 11.5 Å². The number of benzene rings is 1. The Hall–Kier alpha value is -3.80. The molecule has 0 bridgehead atoms. The van der Waals surface area contributed by atoms with Gasteiger partial charge in [0.15, 0.2) is 0 Å². The number of aromatic nitrogens is 3. The van der Waals surface area contributed by atoms with Crippen LogP contribution in [0.25, 0.3) is 22.0 Å². The number of aryl methyl sites for hydroxylation is 3. The number of fused-ring (bicyclic) bond motifs is 1. The number of nitrogens with zero attached hydrogens (tertiary/aromatic N) is 3. The molecule has 0 saturated carbocycles. The lowest BCUT2D eigenvalue weighted by atomic mass is 9.99. The van der Waals surface area contributed by atoms with Crippen LogP contribution in [0.5, 0.6) is 0 Å². The number of hydrogen-bond acceptors (Lipinski definition) is 4. The van der Waals surface area contributed by atoms with Crippen LogP contribution in [0.15, 0.2) is 65.8 Å². The molecule has 0 aliphatic carbocycles. The number of hydrogen-bond donors (Lipinski definition) is 1. The summed E-state index contributed by atoms with van der Waals surface area (Å²) in [6.45, 7) is 3.84. The Morgan fingerprint density at radius 2 is 1.76 bits per heavy atom. The average Bonchev–Trinajstić information content (AvgIpc) is 2.73. The van der Waals surface area contributed by atoms with Gasteiger partial charge in [-0.05, 0) is 61.4 Å². The zero-order valence-electron chi connectivity index (χ0n) is 16.4. The molecule has 144 valence electrons. The predicted molar refractivity (Wildman–Crippen MR) is 114 cm³/mol. The van der Waals surface area contributed by atoms with Gasteiger partial charge in [-0.3, -0.25) is 19.6 Å². The normalized spacial score (nSPS) is 10.9. The maximum atomic E-state index is 13.0. The number of rotatable bonds is 3. The minimum atomic E-state index is -0.228. The summed E-state index contributed by atoms with van der Waals surface area (Å²) in [4.78, 5) is 33.8. The van der Waals surface area contributed by atoms with Crippen LogP contribution in [0.1, 0.15) is 21.6 Å². The summed E-state index contributed by atoms with van der Waals surface area (Å²) in [5, 5.41) is 3.77. The van der Waals surface area contributed by atoms with Gasteiger partial charge in [0.1, 0.15) is 0 Å². The molecule has 0 spiro atoms. The Bertz CT molecular complexity index is 1290. The van der Waals surface area contributed by atoms with Crippen molar-refractivity contribution >= 4 is 22.5 Å². The van der Waals surface area contributed by atoms with Gasteiger partial charge >= 0.3 is 0 Å². The van der Waals surface area contributed by atoms with Gasteiger partial charge in [-0.1, -0.05) is 6.07 Å². The molecule has 0 aliphatic rings. The van der Waals surface area contributed by atoms with Crippen molar-refractivity contribution in [2.45, 2.75) is 13.8 Å². The first-order valence-corrected chi connectivity index (χ1v) is 9.23. The van der Waals surface area contributed by atoms with Crippen LogP contribution >= 0.6 is 0 Å². The summed E-state index contributed by atoms with van der Waals surface area (Å²) in [6.07, 6.45) is 4.92. The summed E-state index contributed by atoms with van der Waals surface area (Å²) < 4.78 is 1.64. The zero-order chi connectivity index (χ0) is 20.5. The fourth-order valence-electron chi connectivity index (χ4n) is 3.35. The molecule has 0 unspecified atom stereocenters. The highest BCUT2D eigenvalue weighted by molar-refractivity contribution is 6.04. The molecule has 1 aromatic carbocycles. The maximum absolute atomic E-state index is 13.0. The standard InChI is InChI=1S/C23H20N4O2/c1-14-4-5-18(26-22(28)16-6-8-24-9-7-16)12-19(14)20-11-17-13-25-15(2)10-21(17)27(3)23(20)29/h4-13H,1-3H3,(H,26,28). The third-order valence-electron chi connectivity index (χ3n) is 4.97. The third kappa shape index (κ3) is 3.52. The topological polar surface area (TPSA) is 76.9 Å². The van der Waals surface area contributed by atoms with Crippen molar-refractivity contribution < 1.29 is 4.79 Å². The molecule has 4 rings (SSSR count). The molecule has 6 nitrogen and oxygen atoms in total. The molecule has 3 aromatic heterocycles. The molecule has 1 N–H and O–H groups in total. The lowest BCUT2D eigenvalue weighted by molar-refractivity contribution is 0.102. The predicted octanol–water partition coefficient (Wildman–Crippen LogP) is 3.86. The van der Waals surface area contributed by atoms with Crippen LogP contribution in [-0.4, -0.2) is 20.4 Å². The van der Waals surface area contributed by atoms with Gasteiger partial charge in [0, 0.05) is 53.5 Å². The van der Waals surface area contributed by atoms with Gasteiger partial charge in [0.05, 0.1) is 5.52 Å². The van der Waals surface area contributed by atoms with Crippen molar-refractivity contribution in [1.82, 2.24) is 14.5 Å². The van der Waals surface area contributed by atoms with E-state index in [0.29, 0.717) is 16.8 Å². The van der Waals surface area contributed by atoms with Crippen molar-refractivity contribution in [2.24, 2.45) is 7.05 Å².